The van der Waals surface area contributed by atoms with Crippen LogP contribution in [0.4, 0.5) is 0 Å². The third-order valence-electron chi connectivity index (χ3n) is 2.72. The van der Waals surface area contributed by atoms with E-state index in [-0.39, 0.29) is 12.2 Å². The van der Waals surface area contributed by atoms with Gasteiger partial charge in [0.15, 0.2) is 0 Å². The molecule has 0 saturated carbocycles. The summed E-state index contributed by atoms with van der Waals surface area (Å²) in [6, 6.07) is 8.73. The van der Waals surface area contributed by atoms with Crippen molar-refractivity contribution < 1.29 is 4.74 Å². The standard InChI is InChI=1S/C15H14N2O2/c1-4-12-6-5-7-13(9-12)19-10-14-16-11(2)8-15(18)17(14)3/h1,5-9H,10H2,2-3H3. The lowest BCUT2D eigenvalue weighted by atomic mass is 10.2. The topological polar surface area (TPSA) is 44.1 Å². The second-order valence-corrected chi connectivity index (χ2v) is 4.17. The second-order valence-electron chi connectivity index (χ2n) is 4.17. The van der Waals surface area contributed by atoms with Gasteiger partial charge in [0.1, 0.15) is 18.2 Å². The van der Waals surface area contributed by atoms with E-state index in [9.17, 15) is 4.79 Å². The Morgan fingerprint density at radius 3 is 2.95 bits per heavy atom. The maximum Gasteiger partial charge on any atom is 0.253 e. The van der Waals surface area contributed by atoms with E-state index >= 15 is 0 Å². The first kappa shape index (κ1) is 12.9. The third kappa shape index (κ3) is 3.02. The van der Waals surface area contributed by atoms with Crippen molar-refractivity contribution in [3.63, 3.8) is 0 Å². The van der Waals surface area contributed by atoms with Crippen LogP contribution >= 0.6 is 0 Å². The minimum absolute atomic E-state index is 0.0940. The van der Waals surface area contributed by atoms with Crippen molar-refractivity contribution >= 4 is 0 Å². The number of rotatable bonds is 3. The Morgan fingerprint density at radius 1 is 1.42 bits per heavy atom. The first-order valence-electron chi connectivity index (χ1n) is 5.83. The molecule has 0 unspecified atom stereocenters. The van der Waals surface area contributed by atoms with E-state index in [4.69, 9.17) is 11.2 Å². The van der Waals surface area contributed by atoms with Gasteiger partial charge in [0.25, 0.3) is 5.56 Å². The highest BCUT2D eigenvalue weighted by atomic mass is 16.5. The molecule has 2 rings (SSSR count). The molecule has 0 aliphatic heterocycles. The fourth-order valence-corrected chi connectivity index (χ4v) is 1.67. The normalized spacial score (nSPS) is 9.95. The van der Waals surface area contributed by atoms with Gasteiger partial charge in [-0.3, -0.25) is 9.36 Å². The molecule has 0 aliphatic rings. The third-order valence-corrected chi connectivity index (χ3v) is 2.72. The first-order valence-corrected chi connectivity index (χ1v) is 5.83. The summed E-state index contributed by atoms with van der Waals surface area (Å²) in [5.41, 5.74) is 1.34. The smallest absolute Gasteiger partial charge is 0.253 e. The van der Waals surface area contributed by atoms with Crippen molar-refractivity contribution in [3.05, 3.63) is 57.8 Å². The van der Waals surface area contributed by atoms with E-state index in [0.717, 1.165) is 5.56 Å². The van der Waals surface area contributed by atoms with Crippen LogP contribution in [0.5, 0.6) is 5.75 Å². The molecule has 0 N–H and O–H groups in total. The summed E-state index contributed by atoms with van der Waals surface area (Å²) in [6.07, 6.45) is 5.33. The van der Waals surface area contributed by atoms with Crippen LogP contribution < -0.4 is 10.3 Å². The van der Waals surface area contributed by atoms with E-state index < -0.39 is 0 Å². The Hall–Kier alpha value is -2.54. The molecular weight excluding hydrogens is 240 g/mol. The average molecular weight is 254 g/mol. The molecule has 1 aromatic carbocycles. The zero-order valence-electron chi connectivity index (χ0n) is 10.9. The SMILES string of the molecule is C#Cc1cccc(OCc2nc(C)cc(=O)n2C)c1. The Kier molecular flexibility index (Phi) is 3.67. The summed E-state index contributed by atoms with van der Waals surface area (Å²) in [5, 5.41) is 0. The van der Waals surface area contributed by atoms with Crippen molar-refractivity contribution in [1.29, 1.82) is 0 Å². The number of terminal acetylenes is 1. The van der Waals surface area contributed by atoms with Crippen LogP contribution in [0.3, 0.4) is 0 Å². The molecule has 4 nitrogen and oxygen atoms in total. The summed E-state index contributed by atoms with van der Waals surface area (Å²) in [4.78, 5) is 15.9. The zero-order chi connectivity index (χ0) is 13.8. The molecule has 1 aromatic heterocycles. The van der Waals surface area contributed by atoms with Crippen LogP contribution in [0.2, 0.25) is 0 Å². The molecule has 0 atom stereocenters. The highest BCUT2D eigenvalue weighted by molar-refractivity contribution is 5.38. The fourth-order valence-electron chi connectivity index (χ4n) is 1.67. The molecule has 0 amide bonds. The van der Waals surface area contributed by atoms with Gasteiger partial charge in [-0.15, -0.1) is 6.42 Å². The van der Waals surface area contributed by atoms with Gasteiger partial charge in [-0.1, -0.05) is 12.0 Å². The van der Waals surface area contributed by atoms with Crippen molar-refractivity contribution in [2.45, 2.75) is 13.5 Å². The quantitative estimate of drug-likeness (QED) is 0.782. The Labute approximate surface area is 111 Å². The molecule has 19 heavy (non-hydrogen) atoms. The molecule has 96 valence electrons. The summed E-state index contributed by atoms with van der Waals surface area (Å²) < 4.78 is 7.08. The van der Waals surface area contributed by atoms with Gasteiger partial charge >= 0.3 is 0 Å². The lowest BCUT2D eigenvalue weighted by Crippen LogP contribution is -2.23. The van der Waals surface area contributed by atoms with Crippen LogP contribution in [0.15, 0.2) is 35.1 Å². The van der Waals surface area contributed by atoms with Crippen molar-refractivity contribution in [1.82, 2.24) is 9.55 Å². The molecule has 2 aromatic rings. The lowest BCUT2D eigenvalue weighted by Gasteiger charge is -2.10. The van der Waals surface area contributed by atoms with Crippen LogP contribution in [-0.2, 0) is 13.7 Å². The number of hydrogen-bond donors (Lipinski definition) is 0. The van der Waals surface area contributed by atoms with Crippen LogP contribution in [-0.4, -0.2) is 9.55 Å². The molecule has 0 aliphatic carbocycles. The predicted molar refractivity (Wildman–Crippen MR) is 72.9 cm³/mol. The number of ether oxygens (including phenoxy) is 1. The molecule has 0 saturated heterocycles. The average Bonchev–Trinajstić information content (AvgIpc) is 2.41. The van der Waals surface area contributed by atoms with E-state index in [1.807, 2.05) is 18.2 Å². The van der Waals surface area contributed by atoms with Gasteiger partial charge in [0.05, 0.1) is 0 Å². The van der Waals surface area contributed by atoms with Crippen molar-refractivity contribution in [2.24, 2.45) is 7.05 Å². The molecule has 0 fully saturated rings. The largest absolute Gasteiger partial charge is 0.486 e. The predicted octanol–water partition coefficient (Wildman–Crippen LogP) is 1.65. The van der Waals surface area contributed by atoms with Crippen molar-refractivity contribution in [2.75, 3.05) is 0 Å². The van der Waals surface area contributed by atoms with Crippen molar-refractivity contribution in [3.8, 4) is 18.1 Å². The van der Waals surface area contributed by atoms with E-state index in [1.165, 1.54) is 10.6 Å². The Morgan fingerprint density at radius 2 is 2.21 bits per heavy atom. The number of benzene rings is 1. The highest BCUT2D eigenvalue weighted by Crippen LogP contribution is 2.13. The molecule has 0 radical (unpaired) electrons. The number of nitrogens with zero attached hydrogens (tertiary/aromatic N) is 2. The molecular formula is C15H14N2O2. The Bertz CT molecular complexity index is 696. The first-order chi connectivity index (χ1) is 9.10. The molecule has 0 bridgehead atoms. The minimum atomic E-state index is -0.0940. The summed E-state index contributed by atoms with van der Waals surface area (Å²) in [5.74, 6) is 3.78. The number of hydrogen-bond acceptors (Lipinski definition) is 3. The maximum absolute atomic E-state index is 11.6. The van der Waals surface area contributed by atoms with Gasteiger partial charge in [0, 0.05) is 24.4 Å². The molecule has 0 spiro atoms. The van der Waals surface area contributed by atoms with Crippen LogP contribution in [0.25, 0.3) is 0 Å². The van der Waals surface area contributed by atoms with Crippen LogP contribution in [0.1, 0.15) is 17.1 Å². The highest BCUT2D eigenvalue weighted by Gasteiger charge is 2.04. The van der Waals surface area contributed by atoms with E-state index in [1.54, 1.807) is 20.0 Å². The molecule has 1 heterocycles. The summed E-state index contributed by atoms with van der Waals surface area (Å²) in [6.45, 7) is 2.01. The van der Waals surface area contributed by atoms with E-state index in [2.05, 4.69) is 10.9 Å². The summed E-state index contributed by atoms with van der Waals surface area (Å²) in [7, 11) is 1.67. The lowest BCUT2D eigenvalue weighted by molar-refractivity contribution is 0.288. The Balaban J connectivity index is 2.19. The summed E-state index contributed by atoms with van der Waals surface area (Å²) >= 11 is 0. The van der Waals surface area contributed by atoms with Gasteiger partial charge in [-0.05, 0) is 25.1 Å². The minimum Gasteiger partial charge on any atom is -0.486 e. The van der Waals surface area contributed by atoms with Crippen LogP contribution in [0, 0.1) is 19.3 Å². The van der Waals surface area contributed by atoms with Gasteiger partial charge in [0.2, 0.25) is 0 Å². The van der Waals surface area contributed by atoms with Gasteiger partial charge in [-0.2, -0.15) is 0 Å². The van der Waals surface area contributed by atoms with Gasteiger partial charge in [-0.25, -0.2) is 4.98 Å². The second kappa shape index (κ2) is 5.40. The zero-order valence-corrected chi connectivity index (χ0v) is 10.9. The molecule has 4 heteroatoms. The fraction of sp³-hybridized carbons (Fsp3) is 0.200. The van der Waals surface area contributed by atoms with Gasteiger partial charge < -0.3 is 4.74 Å². The number of aromatic nitrogens is 2. The van der Waals surface area contributed by atoms with E-state index in [0.29, 0.717) is 17.3 Å². The maximum atomic E-state index is 11.6. The number of aryl methyl sites for hydroxylation is 1. The monoisotopic (exact) mass is 254 g/mol.